The Kier molecular flexibility index (Phi) is 4.47. The fraction of sp³-hybridized carbons (Fsp3) is 0.267. The first kappa shape index (κ1) is 13.5. The summed E-state index contributed by atoms with van der Waals surface area (Å²) in [6, 6.07) is 7.34. The molecule has 0 fully saturated rings. The molecular formula is C15H17FN2O. The Bertz CT molecular complexity index is 558. The molecule has 0 radical (unpaired) electrons. The van der Waals surface area contributed by atoms with Gasteiger partial charge in [-0.3, -0.25) is 4.98 Å². The van der Waals surface area contributed by atoms with Crippen molar-refractivity contribution in [3.63, 3.8) is 0 Å². The molecule has 0 aliphatic carbocycles. The Labute approximate surface area is 112 Å². The van der Waals surface area contributed by atoms with Crippen LogP contribution in [0.25, 0.3) is 11.1 Å². The van der Waals surface area contributed by atoms with Crippen molar-refractivity contribution in [3.05, 3.63) is 48.0 Å². The van der Waals surface area contributed by atoms with Crippen molar-refractivity contribution in [2.24, 2.45) is 0 Å². The first-order chi connectivity index (χ1) is 9.26. The monoisotopic (exact) mass is 260 g/mol. The number of ether oxygens (including phenoxy) is 1. The van der Waals surface area contributed by atoms with E-state index in [0.717, 1.165) is 23.4 Å². The number of pyridine rings is 1. The maximum Gasteiger partial charge on any atom is 0.149 e. The number of nitrogens with one attached hydrogen (secondary N) is 1. The SMILES string of the molecule is CCNCc1cc(-c2ccncc2F)ccc1OC. The number of methoxy groups -OCH3 is 1. The molecule has 2 aromatic rings. The second-order valence-corrected chi connectivity index (χ2v) is 4.16. The van der Waals surface area contributed by atoms with Gasteiger partial charge in [0.15, 0.2) is 0 Å². The fourth-order valence-electron chi connectivity index (χ4n) is 1.95. The summed E-state index contributed by atoms with van der Waals surface area (Å²) in [5.41, 5.74) is 2.39. The molecule has 0 aliphatic heterocycles. The first-order valence-corrected chi connectivity index (χ1v) is 6.23. The molecule has 19 heavy (non-hydrogen) atoms. The number of nitrogens with zero attached hydrogens (tertiary/aromatic N) is 1. The van der Waals surface area contributed by atoms with E-state index in [-0.39, 0.29) is 5.82 Å². The lowest BCUT2D eigenvalue weighted by Gasteiger charge is -2.11. The minimum absolute atomic E-state index is 0.318. The van der Waals surface area contributed by atoms with E-state index in [2.05, 4.69) is 10.3 Å². The van der Waals surface area contributed by atoms with Gasteiger partial charge in [-0.05, 0) is 30.3 Å². The van der Waals surface area contributed by atoms with Crippen molar-refractivity contribution >= 4 is 0 Å². The second kappa shape index (κ2) is 6.29. The van der Waals surface area contributed by atoms with E-state index in [1.54, 1.807) is 19.4 Å². The van der Waals surface area contributed by atoms with Crippen molar-refractivity contribution in [1.82, 2.24) is 10.3 Å². The van der Waals surface area contributed by atoms with E-state index < -0.39 is 0 Å². The van der Waals surface area contributed by atoms with Crippen LogP contribution in [0, 0.1) is 5.82 Å². The molecule has 0 atom stereocenters. The van der Waals surface area contributed by atoms with Gasteiger partial charge in [-0.1, -0.05) is 13.0 Å². The minimum Gasteiger partial charge on any atom is -0.496 e. The highest BCUT2D eigenvalue weighted by atomic mass is 19.1. The Morgan fingerprint density at radius 3 is 2.84 bits per heavy atom. The van der Waals surface area contributed by atoms with Gasteiger partial charge >= 0.3 is 0 Å². The lowest BCUT2D eigenvalue weighted by molar-refractivity contribution is 0.408. The minimum atomic E-state index is -0.318. The van der Waals surface area contributed by atoms with Crippen molar-refractivity contribution in [2.75, 3.05) is 13.7 Å². The quantitative estimate of drug-likeness (QED) is 0.897. The van der Waals surface area contributed by atoms with Crippen LogP contribution in [0.3, 0.4) is 0 Å². The summed E-state index contributed by atoms with van der Waals surface area (Å²) in [6.45, 7) is 3.61. The predicted octanol–water partition coefficient (Wildman–Crippen LogP) is 3.01. The summed E-state index contributed by atoms with van der Waals surface area (Å²) in [7, 11) is 1.64. The topological polar surface area (TPSA) is 34.2 Å². The molecule has 0 amide bonds. The Morgan fingerprint density at radius 2 is 2.16 bits per heavy atom. The molecule has 0 spiro atoms. The average molecular weight is 260 g/mol. The molecule has 0 aliphatic rings. The van der Waals surface area contributed by atoms with Crippen LogP contribution in [0.2, 0.25) is 0 Å². The summed E-state index contributed by atoms with van der Waals surface area (Å²) < 4.78 is 19.0. The third-order valence-corrected chi connectivity index (χ3v) is 2.93. The average Bonchev–Trinajstić information content (AvgIpc) is 2.45. The highest BCUT2D eigenvalue weighted by molar-refractivity contribution is 5.65. The van der Waals surface area contributed by atoms with Crippen molar-refractivity contribution in [3.8, 4) is 16.9 Å². The van der Waals surface area contributed by atoms with Crippen LogP contribution in [0.1, 0.15) is 12.5 Å². The molecule has 4 heteroatoms. The molecule has 1 N–H and O–H groups in total. The standard InChI is InChI=1S/C15H17FN2O/c1-3-17-9-12-8-11(4-5-15(12)19-2)13-6-7-18-10-14(13)16/h4-8,10,17H,3,9H2,1-2H3. The molecule has 0 saturated heterocycles. The Hall–Kier alpha value is -1.94. The number of benzene rings is 1. The molecule has 0 bridgehead atoms. The Morgan fingerprint density at radius 1 is 1.32 bits per heavy atom. The summed E-state index contributed by atoms with van der Waals surface area (Å²) >= 11 is 0. The van der Waals surface area contributed by atoms with E-state index in [0.29, 0.717) is 12.1 Å². The maximum absolute atomic E-state index is 13.7. The molecule has 1 aromatic heterocycles. The van der Waals surface area contributed by atoms with Gasteiger partial charge < -0.3 is 10.1 Å². The van der Waals surface area contributed by atoms with Gasteiger partial charge in [0.2, 0.25) is 0 Å². The largest absolute Gasteiger partial charge is 0.496 e. The summed E-state index contributed by atoms with van der Waals surface area (Å²) in [6.07, 6.45) is 2.82. The summed E-state index contributed by atoms with van der Waals surface area (Å²) in [5, 5.41) is 3.25. The molecule has 100 valence electrons. The zero-order chi connectivity index (χ0) is 13.7. The lowest BCUT2D eigenvalue weighted by Crippen LogP contribution is -2.12. The third-order valence-electron chi connectivity index (χ3n) is 2.93. The van der Waals surface area contributed by atoms with Crippen LogP contribution in [0.5, 0.6) is 5.75 Å². The fourth-order valence-corrected chi connectivity index (χ4v) is 1.95. The van der Waals surface area contributed by atoms with Crippen molar-refractivity contribution in [1.29, 1.82) is 0 Å². The smallest absolute Gasteiger partial charge is 0.149 e. The van der Waals surface area contributed by atoms with Crippen molar-refractivity contribution in [2.45, 2.75) is 13.5 Å². The van der Waals surface area contributed by atoms with Crippen LogP contribution in [0.15, 0.2) is 36.7 Å². The zero-order valence-electron chi connectivity index (χ0n) is 11.1. The number of rotatable bonds is 5. The highest BCUT2D eigenvalue weighted by Crippen LogP contribution is 2.27. The Balaban J connectivity index is 2.40. The van der Waals surface area contributed by atoms with Gasteiger partial charge in [0.05, 0.1) is 13.3 Å². The normalized spacial score (nSPS) is 10.5. The number of hydrogen-bond acceptors (Lipinski definition) is 3. The number of halogens is 1. The second-order valence-electron chi connectivity index (χ2n) is 4.16. The number of hydrogen-bond donors (Lipinski definition) is 1. The molecule has 0 unspecified atom stereocenters. The molecule has 0 saturated carbocycles. The van der Waals surface area contributed by atoms with E-state index in [1.807, 2.05) is 25.1 Å². The van der Waals surface area contributed by atoms with Gasteiger partial charge in [-0.15, -0.1) is 0 Å². The van der Waals surface area contributed by atoms with E-state index in [9.17, 15) is 4.39 Å². The third kappa shape index (κ3) is 3.09. The van der Waals surface area contributed by atoms with Crippen LogP contribution >= 0.6 is 0 Å². The molecule has 3 nitrogen and oxygen atoms in total. The van der Waals surface area contributed by atoms with Crippen LogP contribution in [-0.2, 0) is 6.54 Å². The van der Waals surface area contributed by atoms with E-state index >= 15 is 0 Å². The van der Waals surface area contributed by atoms with Gasteiger partial charge in [0, 0.05) is 23.9 Å². The van der Waals surface area contributed by atoms with E-state index in [4.69, 9.17) is 4.74 Å². The van der Waals surface area contributed by atoms with Gasteiger partial charge in [0.25, 0.3) is 0 Å². The predicted molar refractivity (Wildman–Crippen MR) is 73.6 cm³/mol. The lowest BCUT2D eigenvalue weighted by atomic mass is 10.0. The van der Waals surface area contributed by atoms with Crippen LogP contribution in [-0.4, -0.2) is 18.6 Å². The highest BCUT2D eigenvalue weighted by Gasteiger charge is 2.08. The zero-order valence-corrected chi connectivity index (χ0v) is 11.1. The molecule has 1 aromatic carbocycles. The van der Waals surface area contributed by atoms with Crippen molar-refractivity contribution < 1.29 is 9.13 Å². The maximum atomic E-state index is 13.7. The first-order valence-electron chi connectivity index (χ1n) is 6.23. The molecule has 2 rings (SSSR count). The van der Waals surface area contributed by atoms with Gasteiger partial charge in [0.1, 0.15) is 11.6 Å². The van der Waals surface area contributed by atoms with Crippen LogP contribution < -0.4 is 10.1 Å². The molecule has 1 heterocycles. The summed E-state index contributed by atoms with van der Waals surface area (Å²) in [4.78, 5) is 3.76. The number of aromatic nitrogens is 1. The van der Waals surface area contributed by atoms with Gasteiger partial charge in [-0.2, -0.15) is 0 Å². The van der Waals surface area contributed by atoms with E-state index in [1.165, 1.54) is 6.20 Å². The molecular weight excluding hydrogens is 243 g/mol. The van der Waals surface area contributed by atoms with Crippen LogP contribution in [0.4, 0.5) is 4.39 Å². The van der Waals surface area contributed by atoms with Gasteiger partial charge in [-0.25, -0.2) is 4.39 Å². The summed E-state index contributed by atoms with van der Waals surface area (Å²) in [5.74, 6) is 0.487.